The number of hydrogen-bond acceptors (Lipinski definition) is 8. The zero-order valence-corrected chi connectivity index (χ0v) is 21.4. The van der Waals surface area contributed by atoms with Gasteiger partial charge in [-0.25, -0.2) is 19.7 Å². The Kier molecular flexibility index (Phi) is 7.43. The third-order valence-corrected chi connectivity index (χ3v) is 6.01. The molecule has 4 aromatic rings. The Morgan fingerprint density at radius 2 is 1.87 bits per heavy atom. The predicted octanol–water partition coefficient (Wildman–Crippen LogP) is 3.56. The van der Waals surface area contributed by atoms with Crippen LogP contribution in [-0.4, -0.2) is 69.3 Å². The summed E-state index contributed by atoms with van der Waals surface area (Å²) in [5.41, 5.74) is 12.3. The van der Waals surface area contributed by atoms with Crippen molar-refractivity contribution in [3.63, 3.8) is 0 Å². The van der Waals surface area contributed by atoms with E-state index in [0.29, 0.717) is 47.9 Å². The third-order valence-electron chi connectivity index (χ3n) is 6.01. The van der Waals surface area contributed by atoms with Gasteiger partial charge in [0.15, 0.2) is 5.65 Å². The molecule has 0 spiro atoms. The van der Waals surface area contributed by atoms with E-state index in [-0.39, 0.29) is 5.91 Å². The van der Waals surface area contributed by atoms with Gasteiger partial charge in [-0.2, -0.15) is 5.10 Å². The summed E-state index contributed by atoms with van der Waals surface area (Å²) in [4.78, 5) is 23.1. The lowest BCUT2D eigenvalue weighted by Gasteiger charge is -2.27. The van der Waals surface area contributed by atoms with Crippen LogP contribution in [0.15, 0.2) is 79.2 Å². The number of fused-ring (bicyclic) bond motifs is 1. The van der Waals surface area contributed by atoms with E-state index in [2.05, 4.69) is 21.5 Å². The number of amides is 1. The van der Waals surface area contributed by atoms with Gasteiger partial charge in [-0.1, -0.05) is 30.4 Å². The van der Waals surface area contributed by atoms with Crippen molar-refractivity contribution in [3.05, 3.63) is 79.2 Å². The first kappa shape index (κ1) is 25.1. The van der Waals surface area contributed by atoms with E-state index in [1.165, 1.54) is 6.33 Å². The van der Waals surface area contributed by atoms with Crippen molar-refractivity contribution in [2.24, 2.45) is 0 Å². The summed E-state index contributed by atoms with van der Waals surface area (Å²) in [7, 11) is 3.91. The van der Waals surface area contributed by atoms with Crippen molar-refractivity contribution in [1.82, 2.24) is 35.1 Å². The number of carbonyl (C=O) groups is 1. The summed E-state index contributed by atoms with van der Waals surface area (Å²) in [6.07, 6.45) is 7.68. The van der Waals surface area contributed by atoms with Gasteiger partial charge in [0.2, 0.25) is 0 Å². The lowest BCUT2D eigenvalue weighted by atomic mass is 10.1. The number of carbonyl (C=O) groups excluding carboxylic acids is 1. The largest absolute Gasteiger partial charge is 0.457 e. The van der Waals surface area contributed by atoms with E-state index in [9.17, 15) is 4.79 Å². The molecular weight excluding hydrogens is 480 g/mol. The highest BCUT2D eigenvalue weighted by atomic mass is 16.5. The van der Waals surface area contributed by atoms with Gasteiger partial charge in [-0.3, -0.25) is 10.2 Å². The maximum atomic E-state index is 12.4. The quantitative estimate of drug-likeness (QED) is 0.346. The number of benzene rings is 2. The first-order chi connectivity index (χ1) is 18.5. The molecule has 38 heavy (non-hydrogen) atoms. The number of likely N-dealkylation sites (N-methyl/N-ethyl adjacent to an activating group) is 1. The van der Waals surface area contributed by atoms with Gasteiger partial charge in [-0.15, -0.1) is 0 Å². The van der Waals surface area contributed by atoms with Crippen molar-refractivity contribution < 1.29 is 9.53 Å². The van der Waals surface area contributed by atoms with Gasteiger partial charge in [0.25, 0.3) is 5.91 Å². The molecule has 0 saturated carbocycles. The Labute approximate surface area is 221 Å². The second kappa shape index (κ2) is 11.2. The molecule has 5 rings (SSSR count). The maximum absolute atomic E-state index is 12.4. The first-order valence-corrected chi connectivity index (χ1v) is 12.4. The van der Waals surface area contributed by atoms with Gasteiger partial charge < -0.3 is 15.4 Å². The highest BCUT2D eigenvalue weighted by molar-refractivity contribution is 5.99. The summed E-state index contributed by atoms with van der Waals surface area (Å²) in [5, 5.41) is 7.47. The van der Waals surface area contributed by atoms with Crippen LogP contribution in [-0.2, 0) is 4.79 Å². The second-order valence-corrected chi connectivity index (χ2v) is 9.20. The zero-order chi connectivity index (χ0) is 26.5. The summed E-state index contributed by atoms with van der Waals surface area (Å²) < 4.78 is 7.72. The Bertz CT molecular complexity index is 1480. The molecule has 0 atom stereocenters. The number of anilines is 1. The molecule has 1 aliphatic rings. The number of nitrogens with two attached hydrogens (primary N) is 1. The molecule has 2 aromatic carbocycles. The molecule has 194 valence electrons. The van der Waals surface area contributed by atoms with Crippen molar-refractivity contribution in [2.75, 3.05) is 39.5 Å². The van der Waals surface area contributed by atoms with Crippen LogP contribution in [0.25, 0.3) is 28.0 Å². The monoisotopic (exact) mass is 510 g/mol. The van der Waals surface area contributed by atoms with Crippen LogP contribution in [0.5, 0.6) is 11.5 Å². The molecule has 0 radical (unpaired) electrons. The Morgan fingerprint density at radius 3 is 2.63 bits per heavy atom. The normalized spacial score (nSPS) is 14.2. The molecule has 10 heteroatoms. The van der Waals surface area contributed by atoms with Gasteiger partial charge in [0.1, 0.15) is 29.3 Å². The lowest BCUT2D eigenvalue weighted by molar-refractivity contribution is -0.120. The second-order valence-electron chi connectivity index (χ2n) is 9.20. The number of hydrazine groups is 1. The zero-order valence-electron chi connectivity index (χ0n) is 21.4. The molecular formula is C28H30N8O2. The number of para-hydroxylation sites is 1. The fourth-order valence-corrected chi connectivity index (χ4v) is 4.22. The SMILES string of the molecule is CN(C)C/C=C/C(=O)NN1CCC=C(n2nc(-c3ccc(Oc4ccccc4)cc3)c3c(N)ncnc32)C1. The molecule has 1 aliphatic heterocycles. The minimum Gasteiger partial charge on any atom is -0.457 e. The molecule has 0 unspecified atom stereocenters. The Hall–Kier alpha value is -4.54. The van der Waals surface area contributed by atoms with Crippen LogP contribution in [0.2, 0.25) is 0 Å². The highest BCUT2D eigenvalue weighted by Crippen LogP contribution is 2.33. The smallest absolute Gasteiger partial charge is 0.258 e. The molecule has 0 bridgehead atoms. The first-order valence-electron chi connectivity index (χ1n) is 12.4. The van der Waals surface area contributed by atoms with Gasteiger partial charge in [0, 0.05) is 24.7 Å². The summed E-state index contributed by atoms with van der Waals surface area (Å²) in [5.74, 6) is 1.67. The molecule has 1 amide bonds. The number of ether oxygens (including phenoxy) is 1. The fraction of sp³-hybridized carbons (Fsp3) is 0.214. The van der Waals surface area contributed by atoms with Crippen LogP contribution < -0.4 is 15.9 Å². The average molecular weight is 511 g/mol. The van der Waals surface area contributed by atoms with E-state index in [1.807, 2.05) is 84.7 Å². The average Bonchev–Trinajstić information content (AvgIpc) is 3.31. The number of nitrogens with one attached hydrogen (secondary N) is 1. The minimum absolute atomic E-state index is 0.163. The molecule has 10 nitrogen and oxygen atoms in total. The molecule has 0 saturated heterocycles. The number of hydrogen-bond donors (Lipinski definition) is 2. The third kappa shape index (κ3) is 5.72. The molecule has 3 N–H and O–H groups in total. The number of rotatable bonds is 8. The van der Waals surface area contributed by atoms with E-state index in [1.54, 1.807) is 10.8 Å². The van der Waals surface area contributed by atoms with Gasteiger partial charge in [0.05, 0.1) is 17.6 Å². The molecule has 0 aliphatic carbocycles. The fourth-order valence-electron chi connectivity index (χ4n) is 4.22. The van der Waals surface area contributed by atoms with E-state index >= 15 is 0 Å². The lowest BCUT2D eigenvalue weighted by Crippen LogP contribution is -2.45. The van der Waals surface area contributed by atoms with Gasteiger partial charge >= 0.3 is 0 Å². The number of aromatic nitrogens is 4. The van der Waals surface area contributed by atoms with Crippen molar-refractivity contribution in [1.29, 1.82) is 0 Å². The summed E-state index contributed by atoms with van der Waals surface area (Å²) in [6, 6.07) is 17.3. The highest BCUT2D eigenvalue weighted by Gasteiger charge is 2.22. The predicted molar refractivity (Wildman–Crippen MR) is 148 cm³/mol. The van der Waals surface area contributed by atoms with Crippen molar-refractivity contribution in [2.45, 2.75) is 6.42 Å². The molecule has 2 aromatic heterocycles. The molecule has 3 heterocycles. The number of nitrogen functional groups attached to an aromatic ring is 1. The topological polar surface area (TPSA) is 114 Å². The van der Waals surface area contributed by atoms with Crippen molar-refractivity contribution in [3.8, 4) is 22.8 Å². The maximum Gasteiger partial charge on any atom is 0.258 e. The van der Waals surface area contributed by atoms with Crippen LogP contribution in [0.1, 0.15) is 6.42 Å². The summed E-state index contributed by atoms with van der Waals surface area (Å²) >= 11 is 0. The minimum atomic E-state index is -0.163. The Balaban J connectivity index is 1.39. The number of nitrogens with zero attached hydrogens (tertiary/aromatic N) is 6. The van der Waals surface area contributed by atoms with Crippen LogP contribution >= 0.6 is 0 Å². The molecule has 0 fully saturated rings. The van der Waals surface area contributed by atoms with E-state index in [0.717, 1.165) is 23.4 Å². The van der Waals surface area contributed by atoms with Crippen molar-refractivity contribution >= 4 is 28.5 Å². The summed E-state index contributed by atoms with van der Waals surface area (Å²) in [6.45, 7) is 1.86. The van der Waals surface area contributed by atoms with Gasteiger partial charge in [-0.05, 0) is 56.9 Å². The van der Waals surface area contributed by atoms with Crippen LogP contribution in [0.4, 0.5) is 5.82 Å². The van der Waals surface area contributed by atoms with Crippen LogP contribution in [0, 0.1) is 0 Å². The van der Waals surface area contributed by atoms with Crippen LogP contribution in [0.3, 0.4) is 0 Å². The Morgan fingerprint density at radius 1 is 1.11 bits per heavy atom. The van der Waals surface area contributed by atoms with E-state index in [4.69, 9.17) is 15.6 Å². The van der Waals surface area contributed by atoms with E-state index < -0.39 is 0 Å². The standard InChI is InChI=1S/C28H30N8O2/c1-34(2)16-7-11-24(37)32-35-17-6-8-21(18-35)36-28-25(27(29)30-19-31-28)26(33-36)20-12-14-23(15-13-20)38-22-9-4-3-5-10-22/h3-5,7-15,19H,6,16-18H2,1-2H3,(H,32,37)(H2,29,30,31)/b11-7+.